The number of carbonyl (C=O) groups is 1. The van der Waals surface area contributed by atoms with Crippen molar-refractivity contribution in [1.82, 2.24) is 10.6 Å². The molecular weight excluding hydrogens is 318 g/mol. The van der Waals surface area contributed by atoms with Gasteiger partial charge in [0.2, 0.25) is 0 Å². The molecule has 0 saturated carbocycles. The Balaban J connectivity index is 0.00000220. The first-order chi connectivity index (χ1) is 9.56. The van der Waals surface area contributed by atoms with Gasteiger partial charge in [-0.05, 0) is 19.4 Å². The predicted molar refractivity (Wildman–Crippen MR) is 82.4 cm³/mol. The number of amides is 1. The number of nitrogens with one attached hydrogen (secondary N) is 2. The number of nitrogens with zero attached hydrogens (tertiary/aromatic N) is 1. The largest absolute Gasteiger partial charge is 0.383 e. The first-order valence-electron chi connectivity index (χ1n) is 6.31. The van der Waals surface area contributed by atoms with Gasteiger partial charge >= 0.3 is 5.00 Å². The average Bonchev–Trinajstić information content (AvgIpc) is 3.06. The Morgan fingerprint density at radius 3 is 2.95 bits per heavy atom. The van der Waals surface area contributed by atoms with Gasteiger partial charge in [0.15, 0.2) is 0 Å². The Kier molecular flexibility index (Phi) is 6.53. The summed E-state index contributed by atoms with van der Waals surface area (Å²) in [6.45, 7) is 1.88. The van der Waals surface area contributed by atoms with Crippen molar-refractivity contribution >= 4 is 34.7 Å². The van der Waals surface area contributed by atoms with Crippen molar-refractivity contribution in [3.63, 3.8) is 0 Å². The van der Waals surface area contributed by atoms with Crippen molar-refractivity contribution < 1.29 is 14.5 Å². The molecule has 1 aromatic heterocycles. The number of thiophene rings is 1. The normalized spacial score (nSPS) is 20.8. The van der Waals surface area contributed by atoms with Gasteiger partial charge in [0, 0.05) is 25.1 Å². The molecule has 0 aliphatic carbocycles. The lowest BCUT2D eigenvalue weighted by atomic mass is 9.98. The van der Waals surface area contributed by atoms with Crippen molar-refractivity contribution in [1.29, 1.82) is 0 Å². The molecule has 0 bridgehead atoms. The lowest BCUT2D eigenvalue weighted by molar-refractivity contribution is -0.380. The van der Waals surface area contributed by atoms with Crippen molar-refractivity contribution in [2.24, 2.45) is 0 Å². The Morgan fingerprint density at radius 1 is 1.67 bits per heavy atom. The summed E-state index contributed by atoms with van der Waals surface area (Å²) in [6.07, 6.45) is 1.98. The fraction of sp³-hybridized carbons (Fsp3) is 0.583. The Morgan fingerprint density at radius 2 is 2.43 bits per heavy atom. The molecule has 2 rings (SSSR count). The second kappa shape index (κ2) is 7.69. The first kappa shape index (κ1) is 17.8. The molecule has 2 heterocycles. The Hall–Kier alpha value is -1.22. The van der Waals surface area contributed by atoms with Gasteiger partial charge in [-0.25, -0.2) is 0 Å². The summed E-state index contributed by atoms with van der Waals surface area (Å²) < 4.78 is 5.20. The topological polar surface area (TPSA) is 93.5 Å². The lowest BCUT2D eigenvalue weighted by Gasteiger charge is -2.28. The van der Waals surface area contributed by atoms with E-state index in [0.717, 1.165) is 30.7 Å². The van der Waals surface area contributed by atoms with E-state index >= 15 is 0 Å². The van der Waals surface area contributed by atoms with E-state index in [2.05, 4.69) is 10.6 Å². The van der Waals surface area contributed by atoms with Crippen LogP contribution in [0.15, 0.2) is 11.4 Å². The van der Waals surface area contributed by atoms with Gasteiger partial charge in [0.05, 0.1) is 22.6 Å². The molecule has 118 valence electrons. The van der Waals surface area contributed by atoms with Crippen LogP contribution in [0.2, 0.25) is 0 Å². The molecule has 1 aliphatic rings. The Labute approximate surface area is 132 Å². The van der Waals surface area contributed by atoms with Crippen LogP contribution in [-0.2, 0) is 4.74 Å². The minimum atomic E-state index is -0.494. The molecule has 0 radical (unpaired) electrons. The molecule has 1 aromatic rings. The maximum atomic E-state index is 12.0. The monoisotopic (exact) mass is 335 g/mol. The van der Waals surface area contributed by atoms with Gasteiger partial charge in [-0.3, -0.25) is 14.9 Å². The van der Waals surface area contributed by atoms with Crippen LogP contribution in [0.5, 0.6) is 0 Å². The van der Waals surface area contributed by atoms with E-state index in [0.29, 0.717) is 18.7 Å². The molecule has 9 heteroatoms. The number of hydrogen-bond donors (Lipinski definition) is 2. The summed E-state index contributed by atoms with van der Waals surface area (Å²) in [5.74, 6) is -0.293. The van der Waals surface area contributed by atoms with Crippen LogP contribution in [0.3, 0.4) is 0 Å². The maximum absolute atomic E-state index is 12.0. The SMILES string of the molecule is COCC1(CNC(=O)c2csc([N+](=O)[O-])c2)CCCN1.Cl. The van der Waals surface area contributed by atoms with Crippen LogP contribution < -0.4 is 10.6 Å². The van der Waals surface area contributed by atoms with Crippen LogP contribution in [0.4, 0.5) is 5.00 Å². The first-order valence-corrected chi connectivity index (χ1v) is 7.19. The van der Waals surface area contributed by atoms with Crippen molar-refractivity contribution in [2.45, 2.75) is 18.4 Å². The predicted octanol–water partition coefficient (Wildman–Crippen LogP) is 1.58. The zero-order chi connectivity index (χ0) is 14.6. The van der Waals surface area contributed by atoms with Gasteiger partial charge in [-0.2, -0.15) is 0 Å². The summed E-state index contributed by atoms with van der Waals surface area (Å²) in [6, 6.07) is 1.30. The minimum Gasteiger partial charge on any atom is -0.383 e. The number of carbonyl (C=O) groups excluding carboxylic acids is 1. The quantitative estimate of drug-likeness (QED) is 0.608. The smallest absolute Gasteiger partial charge is 0.324 e. The molecule has 2 N–H and O–H groups in total. The minimum absolute atomic E-state index is 0. The molecule has 1 aliphatic heterocycles. The fourth-order valence-corrected chi connectivity index (χ4v) is 3.07. The second-order valence-electron chi connectivity index (χ2n) is 4.86. The number of methoxy groups -OCH3 is 1. The van der Waals surface area contributed by atoms with E-state index in [9.17, 15) is 14.9 Å². The van der Waals surface area contributed by atoms with Crippen LogP contribution >= 0.6 is 23.7 Å². The van der Waals surface area contributed by atoms with Crippen molar-refractivity contribution in [3.8, 4) is 0 Å². The van der Waals surface area contributed by atoms with Gasteiger partial charge in [0.1, 0.15) is 0 Å². The molecule has 1 unspecified atom stereocenters. The highest BCUT2D eigenvalue weighted by Crippen LogP contribution is 2.23. The molecular formula is C12H18ClN3O4S. The van der Waals surface area contributed by atoms with Gasteiger partial charge < -0.3 is 15.4 Å². The average molecular weight is 336 g/mol. The van der Waals surface area contributed by atoms with Gasteiger partial charge in [0.25, 0.3) is 5.91 Å². The molecule has 21 heavy (non-hydrogen) atoms. The zero-order valence-corrected chi connectivity index (χ0v) is 13.2. The van der Waals surface area contributed by atoms with Gasteiger partial charge in [-0.15, -0.1) is 12.4 Å². The van der Waals surface area contributed by atoms with E-state index < -0.39 is 4.92 Å². The van der Waals surface area contributed by atoms with E-state index in [-0.39, 0.29) is 28.9 Å². The third-order valence-electron chi connectivity index (χ3n) is 3.37. The standard InChI is InChI=1S/C12H17N3O4S.ClH/c1-19-8-12(3-2-4-14-12)7-13-11(16)9-5-10(15(17)18)20-6-9;/h5-6,14H,2-4,7-8H2,1H3,(H,13,16);1H. The highest BCUT2D eigenvalue weighted by molar-refractivity contribution is 7.13. The molecule has 1 amide bonds. The molecule has 1 saturated heterocycles. The number of ether oxygens (including phenoxy) is 1. The van der Waals surface area contributed by atoms with Crippen molar-refractivity contribution in [3.05, 3.63) is 27.1 Å². The highest BCUT2D eigenvalue weighted by Gasteiger charge is 2.34. The Bertz CT molecular complexity index is 502. The number of nitro groups is 1. The summed E-state index contributed by atoms with van der Waals surface area (Å²) in [5, 5.41) is 18.2. The summed E-state index contributed by atoms with van der Waals surface area (Å²) in [4.78, 5) is 22.1. The fourth-order valence-electron chi connectivity index (χ4n) is 2.36. The second-order valence-corrected chi connectivity index (χ2v) is 5.75. The molecule has 1 fully saturated rings. The van der Waals surface area contributed by atoms with Gasteiger partial charge in [-0.1, -0.05) is 11.3 Å². The van der Waals surface area contributed by atoms with E-state index in [4.69, 9.17) is 4.74 Å². The summed E-state index contributed by atoms with van der Waals surface area (Å²) >= 11 is 0.953. The van der Waals surface area contributed by atoms with E-state index in [1.54, 1.807) is 7.11 Å². The molecule has 1 atom stereocenters. The molecule has 0 spiro atoms. The molecule has 7 nitrogen and oxygen atoms in total. The summed E-state index contributed by atoms with van der Waals surface area (Å²) in [5.41, 5.74) is 0.0964. The van der Waals surface area contributed by atoms with Crippen LogP contribution in [0, 0.1) is 10.1 Å². The van der Waals surface area contributed by atoms with Crippen molar-refractivity contribution in [2.75, 3.05) is 26.8 Å². The van der Waals surface area contributed by atoms with E-state index in [1.807, 2.05) is 0 Å². The van der Waals surface area contributed by atoms with E-state index in [1.165, 1.54) is 11.4 Å². The molecule has 0 aromatic carbocycles. The maximum Gasteiger partial charge on any atom is 0.324 e. The number of hydrogen-bond acceptors (Lipinski definition) is 6. The van der Waals surface area contributed by atoms with Crippen LogP contribution in [0.25, 0.3) is 0 Å². The van der Waals surface area contributed by atoms with Crippen LogP contribution in [-0.4, -0.2) is 43.2 Å². The number of halogens is 1. The summed E-state index contributed by atoms with van der Waals surface area (Å²) in [7, 11) is 1.63. The zero-order valence-electron chi connectivity index (χ0n) is 11.6. The number of rotatable bonds is 6. The lowest BCUT2D eigenvalue weighted by Crippen LogP contribution is -2.52. The highest BCUT2D eigenvalue weighted by atomic mass is 35.5. The van der Waals surface area contributed by atoms with Crippen LogP contribution in [0.1, 0.15) is 23.2 Å². The third-order valence-corrected chi connectivity index (χ3v) is 4.25. The third kappa shape index (κ3) is 4.37.